The van der Waals surface area contributed by atoms with Gasteiger partial charge in [-0.3, -0.25) is 4.72 Å². The van der Waals surface area contributed by atoms with E-state index in [-0.39, 0.29) is 6.54 Å². The molecule has 0 spiro atoms. The molecular weight excluding hydrogens is 494 g/mol. The van der Waals surface area contributed by atoms with Crippen molar-refractivity contribution in [3.8, 4) is 5.75 Å². The van der Waals surface area contributed by atoms with E-state index < -0.39 is 21.7 Å². The molecule has 0 unspecified atom stereocenters. The van der Waals surface area contributed by atoms with Crippen LogP contribution >= 0.6 is 0 Å². The van der Waals surface area contributed by atoms with Gasteiger partial charge in [-0.05, 0) is 53.9 Å². The van der Waals surface area contributed by atoms with Gasteiger partial charge in [0.2, 0.25) is 10.0 Å². The summed E-state index contributed by atoms with van der Waals surface area (Å²) >= 11 is 0. The minimum absolute atomic E-state index is 0.154. The average molecular weight is 523 g/mol. The van der Waals surface area contributed by atoms with Crippen molar-refractivity contribution in [2.45, 2.75) is 26.6 Å². The van der Waals surface area contributed by atoms with E-state index in [1.807, 2.05) is 65.6 Å². The number of rotatable bonds is 10. The number of benzene rings is 4. The first kappa shape index (κ1) is 26.2. The highest BCUT2D eigenvalue weighted by molar-refractivity contribution is 7.92. The predicted molar refractivity (Wildman–Crippen MR) is 143 cm³/mol. The second-order valence-electron chi connectivity index (χ2n) is 8.83. The Morgan fingerprint density at radius 3 is 2.24 bits per heavy atom. The maximum absolute atomic E-state index is 14.6. The zero-order valence-corrected chi connectivity index (χ0v) is 21.4. The van der Waals surface area contributed by atoms with Crippen molar-refractivity contribution >= 4 is 21.4 Å². The van der Waals surface area contributed by atoms with Gasteiger partial charge in [0.1, 0.15) is 24.0 Å². The lowest BCUT2D eigenvalue weighted by Gasteiger charge is -2.28. The monoisotopic (exact) mass is 522 g/mol. The van der Waals surface area contributed by atoms with Crippen LogP contribution in [0.1, 0.15) is 22.3 Å². The number of nitrogens with zero attached hydrogens (tertiary/aromatic N) is 1. The fraction of sp³-hybridized carbons (Fsp3) is 0.172. The number of sulfonamides is 1. The summed E-state index contributed by atoms with van der Waals surface area (Å²) in [6.07, 6.45) is 1.09. The Morgan fingerprint density at radius 1 is 0.838 bits per heavy atom. The quantitative estimate of drug-likeness (QED) is 0.261. The Morgan fingerprint density at radius 2 is 1.57 bits per heavy atom. The van der Waals surface area contributed by atoms with Crippen LogP contribution in [0.4, 0.5) is 20.2 Å². The first-order valence-corrected chi connectivity index (χ1v) is 13.6. The van der Waals surface area contributed by atoms with E-state index in [2.05, 4.69) is 4.72 Å². The van der Waals surface area contributed by atoms with Crippen LogP contribution in [0.5, 0.6) is 5.75 Å². The summed E-state index contributed by atoms with van der Waals surface area (Å²) in [4.78, 5) is 1.93. The molecule has 4 aromatic carbocycles. The molecule has 0 atom stereocenters. The third kappa shape index (κ3) is 7.30. The van der Waals surface area contributed by atoms with Crippen molar-refractivity contribution in [3.05, 3.63) is 125 Å². The molecule has 0 aliphatic rings. The van der Waals surface area contributed by atoms with Crippen molar-refractivity contribution in [3.63, 3.8) is 0 Å². The maximum atomic E-state index is 14.6. The lowest BCUT2D eigenvalue weighted by molar-refractivity contribution is 0.306. The number of nitrogens with one attached hydrogen (secondary N) is 1. The van der Waals surface area contributed by atoms with E-state index in [1.165, 1.54) is 12.1 Å². The van der Waals surface area contributed by atoms with Gasteiger partial charge in [0.25, 0.3) is 0 Å². The predicted octanol–water partition coefficient (Wildman–Crippen LogP) is 6.43. The molecule has 0 heterocycles. The topological polar surface area (TPSA) is 58.6 Å². The molecule has 192 valence electrons. The van der Waals surface area contributed by atoms with Crippen molar-refractivity contribution < 1.29 is 21.9 Å². The summed E-state index contributed by atoms with van der Waals surface area (Å²) in [5, 5.41) is 0. The summed E-state index contributed by atoms with van der Waals surface area (Å²) in [6.45, 7) is 2.81. The Hall–Kier alpha value is -3.91. The highest BCUT2D eigenvalue weighted by Crippen LogP contribution is 2.30. The Bertz CT molecular complexity index is 1460. The standard InChI is InChI=1S/C29H28F2N2O3S/c1-21-28(32-37(2,34)35)9-6-10-29(21)33(19-24-13-14-25(30)17-27(24)31)18-22-11-15-26(16-12-22)36-20-23-7-4-3-5-8-23/h3-17,32H,18-20H2,1-2H3. The first-order valence-electron chi connectivity index (χ1n) is 11.7. The maximum Gasteiger partial charge on any atom is 0.229 e. The second-order valence-corrected chi connectivity index (χ2v) is 10.6. The Balaban J connectivity index is 1.59. The zero-order valence-electron chi connectivity index (χ0n) is 20.6. The number of halogens is 2. The summed E-state index contributed by atoms with van der Waals surface area (Å²) < 4.78 is 60.2. The molecule has 0 saturated carbocycles. The highest BCUT2D eigenvalue weighted by Gasteiger charge is 2.17. The molecule has 37 heavy (non-hydrogen) atoms. The number of anilines is 2. The van der Waals surface area contributed by atoms with Gasteiger partial charge in [0, 0.05) is 30.4 Å². The highest BCUT2D eigenvalue weighted by atomic mass is 32.2. The SMILES string of the molecule is Cc1c(NS(C)(=O)=O)cccc1N(Cc1ccc(OCc2ccccc2)cc1)Cc1ccc(F)cc1F. The van der Waals surface area contributed by atoms with Crippen LogP contribution in [0, 0.1) is 18.6 Å². The summed E-state index contributed by atoms with van der Waals surface area (Å²) in [5.41, 5.74) is 4.19. The van der Waals surface area contributed by atoms with E-state index in [1.54, 1.807) is 19.1 Å². The van der Waals surface area contributed by atoms with Crippen LogP contribution in [-0.2, 0) is 29.7 Å². The second kappa shape index (κ2) is 11.4. The van der Waals surface area contributed by atoms with Gasteiger partial charge in [-0.1, -0.05) is 54.6 Å². The minimum atomic E-state index is -3.49. The summed E-state index contributed by atoms with van der Waals surface area (Å²) in [6, 6.07) is 26.3. The van der Waals surface area contributed by atoms with Crippen LogP contribution in [0.3, 0.4) is 0 Å². The molecular formula is C29H28F2N2O3S. The van der Waals surface area contributed by atoms with Crippen LogP contribution in [0.25, 0.3) is 0 Å². The van der Waals surface area contributed by atoms with Crippen molar-refractivity contribution in [2.75, 3.05) is 15.9 Å². The van der Waals surface area contributed by atoms with Gasteiger partial charge in [0.05, 0.1) is 11.9 Å². The molecule has 0 saturated heterocycles. The lowest BCUT2D eigenvalue weighted by atomic mass is 10.1. The molecule has 0 radical (unpaired) electrons. The molecule has 5 nitrogen and oxygen atoms in total. The van der Waals surface area contributed by atoms with Gasteiger partial charge in [0.15, 0.2) is 0 Å². The molecule has 0 aromatic heterocycles. The van der Waals surface area contributed by atoms with E-state index in [0.717, 1.165) is 34.9 Å². The fourth-order valence-electron chi connectivity index (χ4n) is 4.01. The van der Waals surface area contributed by atoms with Crippen LogP contribution < -0.4 is 14.4 Å². The third-order valence-electron chi connectivity index (χ3n) is 5.86. The molecule has 0 aliphatic heterocycles. The van der Waals surface area contributed by atoms with Crippen LogP contribution in [-0.4, -0.2) is 14.7 Å². The summed E-state index contributed by atoms with van der Waals surface area (Å²) in [5.74, 6) is -0.564. The van der Waals surface area contributed by atoms with E-state index in [4.69, 9.17) is 4.74 Å². The van der Waals surface area contributed by atoms with Gasteiger partial charge in [-0.2, -0.15) is 0 Å². The molecule has 0 bridgehead atoms. The molecule has 4 aromatic rings. The fourth-order valence-corrected chi connectivity index (χ4v) is 4.63. The van der Waals surface area contributed by atoms with Gasteiger partial charge >= 0.3 is 0 Å². The third-order valence-corrected chi connectivity index (χ3v) is 6.45. The molecule has 8 heteroatoms. The molecule has 1 N–H and O–H groups in total. The Kier molecular flexibility index (Phi) is 8.08. The zero-order chi connectivity index (χ0) is 26.4. The van der Waals surface area contributed by atoms with Crippen molar-refractivity contribution in [2.24, 2.45) is 0 Å². The first-order chi connectivity index (χ1) is 17.7. The van der Waals surface area contributed by atoms with E-state index in [9.17, 15) is 17.2 Å². The molecule has 4 rings (SSSR count). The van der Waals surface area contributed by atoms with E-state index >= 15 is 0 Å². The average Bonchev–Trinajstić information content (AvgIpc) is 2.86. The van der Waals surface area contributed by atoms with Crippen LogP contribution in [0.15, 0.2) is 91.0 Å². The number of ether oxygens (including phenoxy) is 1. The summed E-state index contributed by atoms with van der Waals surface area (Å²) in [7, 11) is -3.49. The largest absolute Gasteiger partial charge is 0.489 e. The lowest BCUT2D eigenvalue weighted by Crippen LogP contribution is -2.24. The van der Waals surface area contributed by atoms with Gasteiger partial charge < -0.3 is 9.64 Å². The Labute approximate surface area is 216 Å². The molecule has 0 amide bonds. The number of hydrogen-bond acceptors (Lipinski definition) is 4. The van der Waals surface area contributed by atoms with Gasteiger partial charge in [-0.15, -0.1) is 0 Å². The van der Waals surface area contributed by atoms with E-state index in [0.29, 0.717) is 30.0 Å². The van der Waals surface area contributed by atoms with Crippen molar-refractivity contribution in [1.29, 1.82) is 0 Å². The smallest absolute Gasteiger partial charge is 0.229 e. The van der Waals surface area contributed by atoms with Crippen molar-refractivity contribution in [1.82, 2.24) is 0 Å². The minimum Gasteiger partial charge on any atom is -0.489 e. The number of hydrogen-bond donors (Lipinski definition) is 1. The van der Waals surface area contributed by atoms with Crippen LogP contribution in [0.2, 0.25) is 0 Å². The normalized spacial score (nSPS) is 11.2. The molecule has 0 aliphatic carbocycles. The molecule has 0 fully saturated rings. The van der Waals surface area contributed by atoms with Gasteiger partial charge in [-0.25, -0.2) is 17.2 Å².